The maximum absolute atomic E-state index is 11.2. The third kappa shape index (κ3) is 7.12. The number of primary amides is 1. The highest BCUT2D eigenvalue weighted by Gasteiger charge is 2.23. The molecule has 1 aliphatic rings. The zero-order chi connectivity index (χ0) is 19.6. The molecule has 1 unspecified atom stereocenters. The number of hydrogen-bond acceptors (Lipinski definition) is 3. The van der Waals surface area contributed by atoms with Crippen LogP contribution < -0.4 is 15.8 Å². The molecule has 150 valence electrons. The number of likely N-dealkylation sites (tertiary alicyclic amines) is 1. The van der Waals surface area contributed by atoms with Crippen molar-refractivity contribution in [1.29, 1.82) is 0 Å². The monoisotopic (exact) mass is 374 g/mol. The van der Waals surface area contributed by atoms with E-state index in [1.807, 2.05) is 12.1 Å². The summed E-state index contributed by atoms with van der Waals surface area (Å²) in [6, 6.07) is 8.26. The Morgan fingerprint density at radius 1 is 1.37 bits per heavy atom. The predicted octanol–water partition coefficient (Wildman–Crippen LogP) is 2.74. The molecule has 0 radical (unpaired) electrons. The second-order valence-corrected chi connectivity index (χ2v) is 7.43. The summed E-state index contributed by atoms with van der Waals surface area (Å²) in [5, 5.41) is 3.35. The van der Waals surface area contributed by atoms with Crippen LogP contribution in [0.15, 0.2) is 29.3 Å². The van der Waals surface area contributed by atoms with E-state index >= 15 is 0 Å². The molecule has 0 bridgehead atoms. The molecule has 1 aromatic rings. The summed E-state index contributed by atoms with van der Waals surface area (Å²) in [4.78, 5) is 18.2. The van der Waals surface area contributed by atoms with Crippen LogP contribution in [-0.4, -0.2) is 49.6 Å². The molecule has 1 amide bonds. The summed E-state index contributed by atoms with van der Waals surface area (Å²) in [6.07, 6.45) is 2.56. The van der Waals surface area contributed by atoms with Crippen molar-refractivity contribution in [3.05, 3.63) is 29.8 Å². The summed E-state index contributed by atoms with van der Waals surface area (Å²) in [5.74, 6) is 2.38. The van der Waals surface area contributed by atoms with Gasteiger partial charge in [-0.25, -0.2) is 4.99 Å². The van der Waals surface area contributed by atoms with E-state index in [9.17, 15) is 4.79 Å². The van der Waals surface area contributed by atoms with Gasteiger partial charge in [0.15, 0.2) is 5.96 Å². The lowest BCUT2D eigenvalue weighted by Gasteiger charge is -2.34. The van der Waals surface area contributed by atoms with Gasteiger partial charge in [0, 0.05) is 26.1 Å². The molecule has 0 spiro atoms. The number of hydrogen-bond donors (Lipinski definition) is 2. The number of ether oxygens (including phenoxy) is 1. The van der Waals surface area contributed by atoms with E-state index in [-0.39, 0.29) is 5.91 Å². The SMILES string of the molecule is CCNC(=NCCOc1ccc(C(C)C)cc1)N1CCCC(CC(N)=O)C1. The molecule has 0 aromatic heterocycles. The van der Waals surface area contributed by atoms with Crippen LogP contribution in [0.25, 0.3) is 0 Å². The molecule has 1 atom stereocenters. The number of piperidine rings is 1. The molecule has 1 fully saturated rings. The van der Waals surface area contributed by atoms with Crippen LogP contribution in [0.5, 0.6) is 5.75 Å². The van der Waals surface area contributed by atoms with Gasteiger partial charge in [0.2, 0.25) is 5.91 Å². The first-order chi connectivity index (χ1) is 13.0. The van der Waals surface area contributed by atoms with E-state index < -0.39 is 0 Å². The Morgan fingerprint density at radius 3 is 2.74 bits per heavy atom. The number of guanidine groups is 1. The number of aliphatic imine (C=N–C) groups is 1. The topological polar surface area (TPSA) is 80.0 Å². The molecule has 2 rings (SSSR count). The molecule has 3 N–H and O–H groups in total. The van der Waals surface area contributed by atoms with Crippen molar-refractivity contribution < 1.29 is 9.53 Å². The Kier molecular flexibility index (Phi) is 8.43. The molecular formula is C21H34N4O2. The van der Waals surface area contributed by atoms with E-state index in [1.54, 1.807) is 0 Å². The van der Waals surface area contributed by atoms with Crippen molar-refractivity contribution in [3.8, 4) is 5.75 Å². The summed E-state index contributed by atoms with van der Waals surface area (Å²) >= 11 is 0. The van der Waals surface area contributed by atoms with Crippen molar-refractivity contribution in [2.45, 2.75) is 46.0 Å². The molecule has 0 saturated carbocycles. The first-order valence-corrected chi connectivity index (χ1v) is 10.0. The van der Waals surface area contributed by atoms with Crippen molar-refractivity contribution >= 4 is 11.9 Å². The Balaban J connectivity index is 1.86. The number of amides is 1. The third-order valence-electron chi connectivity index (χ3n) is 4.81. The van der Waals surface area contributed by atoms with Gasteiger partial charge in [-0.15, -0.1) is 0 Å². The Labute approximate surface area is 163 Å². The lowest BCUT2D eigenvalue weighted by Crippen LogP contribution is -2.47. The highest BCUT2D eigenvalue weighted by atomic mass is 16.5. The number of rotatable bonds is 8. The maximum Gasteiger partial charge on any atom is 0.217 e. The quantitative estimate of drug-likeness (QED) is 0.417. The van der Waals surface area contributed by atoms with Gasteiger partial charge >= 0.3 is 0 Å². The first-order valence-electron chi connectivity index (χ1n) is 10.0. The number of nitrogens with two attached hydrogens (primary N) is 1. The largest absolute Gasteiger partial charge is 0.492 e. The third-order valence-corrected chi connectivity index (χ3v) is 4.81. The summed E-state index contributed by atoms with van der Waals surface area (Å²) in [5.41, 5.74) is 6.67. The van der Waals surface area contributed by atoms with E-state index in [0.717, 1.165) is 44.2 Å². The molecular weight excluding hydrogens is 340 g/mol. The van der Waals surface area contributed by atoms with Crippen LogP contribution in [0.3, 0.4) is 0 Å². The first kappa shape index (κ1) is 21.1. The van der Waals surface area contributed by atoms with E-state index in [4.69, 9.17) is 15.5 Å². The lowest BCUT2D eigenvalue weighted by molar-refractivity contribution is -0.119. The average molecular weight is 375 g/mol. The maximum atomic E-state index is 11.2. The van der Waals surface area contributed by atoms with Gasteiger partial charge in [-0.05, 0) is 49.3 Å². The lowest BCUT2D eigenvalue weighted by atomic mass is 9.95. The van der Waals surface area contributed by atoms with Gasteiger partial charge in [0.05, 0.1) is 6.54 Å². The second kappa shape index (κ2) is 10.8. The number of nitrogens with one attached hydrogen (secondary N) is 1. The minimum atomic E-state index is -0.222. The molecule has 1 saturated heterocycles. The van der Waals surface area contributed by atoms with Crippen molar-refractivity contribution in [2.24, 2.45) is 16.6 Å². The number of carbonyl (C=O) groups is 1. The van der Waals surface area contributed by atoms with Crippen LogP contribution in [0, 0.1) is 5.92 Å². The van der Waals surface area contributed by atoms with Crippen LogP contribution in [-0.2, 0) is 4.79 Å². The van der Waals surface area contributed by atoms with E-state index in [2.05, 4.69) is 43.1 Å². The van der Waals surface area contributed by atoms with Crippen LogP contribution in [0.4, 0.5) is 0 Å². The van der Waals surface area contributed by atoms with Crippen molar-refractivity contribution in [1.82, 2.24) is 10.2 Å². The molecule has 1 aliphatic heterocycles. The normalized spacial score (nSPS) is 17.9. The minimum absolute atomic E-state index is 0.222. The predicted molar refractivity (Wildman–Crippen MR) is 110 cm³/mol. The second-order valence-electron chi connectivity index (χ2n) is 7.43. The van der Waals surface area contributed by atoms with Crippen LogP contribution in [0.2, 0.25) is 0 Å². The summed E-state index contributed by atoms with van der Waals surface area (Å²) in [7, 11) is 0. The summed E-state index contributed by atoms with van der Waals surface area (Å²) < 4.78 is 5.82. The summed E-state index contributed by atoms with van der Waals surface area (Å²) in [6.45, 7) is 10.1. The van der Waals surface area contributed by atoms with Crippen LogP contribution in [0.1, 0.15) is 51.5 Å². The minimum Gasteiger partial charge on any atom is -0.492 e. The van der Waals surface area contributed by atoms with Gasteiger partial charge in [0.25, 0.3) is 0 Å². The zero-order valence-electron chi connectivity index (χ0n) is 16.9. The fraction of sp³-hybridized carbons (Fsp3) is 0.619. The highest BCUT2D eigenvalue weighted by Crippen LogP contribution is 2.20. The molecule has 27 heavy (non-hydrogen) atoms. The Hall–Kier alpha value is -2.24. The zero-order valence-corrected chi connectivity index (χ0v) is 16.9. The molecule has 1 aromatic carbocycles. The van der Waals surface area contributed by atoms with Gasteiger partial charge in [-0.1, -0.05) is 26.0 Å². The van der Waals surface area contributed by atoms with E-state index in [0.29, 0.717) is 31.4 Å². The highest BCUT2D eigenvalue weighted by molar-refractivity contribution is 5.80. The van der Waals surface area contributed by atoms with Gasteiger partial charge in [-0.3, -0.25) is 4.79 Å². The number of nitrogens with zero attached hydrogens (tertiary/aromatic N) is 2. The number of carbonyl (C=O) groups excluding carboxylic acids is 1. The standard InChI is InChI=1S/C21H34N4O2/c1-4-23-21(25-12-5-6-17(15-25)14-20(22)26)24-11-13-27-19-9-7-18(8-10-19)16(2)3/h7-10,16-17H,4-6,11-15H2,1-3H3,(H2,22,26)(H,23,24). The van der Waals surface area contributed by atoms with Crippen molar-refractivity contribution in [3.63, 3.8) is 0 Å². The Morgan fingerprint density at radius 2 is 2.11 bits per heavy atom. The fourth-order valence-corrected chi connectivity index (χ4v) is 3.40. The van der Waals surface area contributed by atoms with E-state index in [1.165, 1.54) is 5.56 Å². The smallest absolute Gasteiger partial charge is 0.217 e. The van der Waals surface area contributed by atoms with Gasteiger partial charge < -0.3 is 20.7 Å². The van der Waals surface area contributed by atoms with Gasteiger partial charge in [0.1, 0.15) is 12.4 Å². The average Bonchev–Trinajstić information content (AvgIpc) is 2.64. The fourth-order valence-electron chi connectivity index (χ4n) is 3.40. The number of benzene rings is 1. The van der Waals surface area contributed by atoms with Crippen molar-refractivity contribution in [2.75, 3.05) is 32.8 Å². The molecule has 1 heterocycles. The Bertz CT molecular complexity index is 613. The molecule has 0 aliphatic carbocycles. The van der Waals surface area contributed by atoms with Gasteiger partial charge in [-0.2, -0.15) is 0 Å². The molecule has 6 heteroatoms. The van der Waals surface area contributed by atoms with Crippen LogP contribution >= 0.6 is 0 Å². The molecule has 6 nitrogen and oxygen atoms in total.